The number of nitrogens with two attached hydrogens (primary N) is 1. The molecule has 1 nitrogen and oxygen atoms in total. The first-order chi connectivity index (χ1) is 9.10. The normalized spacial score (nSPS) is 14.3. The van der Waals surface area contributed by atoms with Gasteiger partial charge in [-0.1, -0.05) is 24.6 Å². The third-order valence-electron chi connectivity index (χ3n) is 2.79. The second-order valence-corrected chi connectivity index (χ2v) is 7.17. The lowest BCUT2D eigenvalue weighted by Gasteiger charge is -2.21. The van der Waals surface area contributed by atoms with Gasteiger partial charge in [-0.3, -0.25) is 0 Å². The summed E-state index contributed by atoms with van der Waals surface area (Å²) in [5, 5.41) is 0.101. The van der Waals surface area contributed by atoms with Crippen LogP contribution in [0.3, 0.4) is 0 Å². The SMILES string of the molecule is CCC(N)C(Sc1cccc(F)c1)c1ccc(Cl)s1. The highest BCUT2D eigenvalue weighted by atomic mass is 35.5. The van der Waals surface area contributed by atoms with E-state index in [1.807, 2.05) is 18.2 Å². The minimum absolute atomic E-state index is 0.0167. The Morgan fingerprint density at radius 2 is 2.16 bits per heavy atom. The summed E-state index contributed by atoms with van der Waals surface area (Å²) in [5.74, 6) is -0.224. The van der Waals surface area contributed by atoms with Crippen LogP contribution in [0.15, 0.2) is 41.3 Å². The molecule has 1 heterocycles. The molecule has 0 bridgehead atoms. The topological polar surface area (TPSA) is 26.0 Å². The van der Waals surface area contributed by atoms with E-state index in [9.17, 15) is 4.39 Å². The molecular weight excluding hydrogens is 301 g/mol. The first kappa shape index (κ1) is 14.9. The molecule has 2 N–H and O–H groups in total. The molecule has 2 unspecified atom stereocenters. The number of hydrogen-bond donors (Lipinski definition) is 1. The molecule has 0 aliphatic rings. The molecule has 0 spiro atoms. The Hall–Kier alpha value is -0.550. The van der Waals surface area contributed by atoms with Crippen molar-refractivity contribution >= 4 is 34.7 Å². The molecule has 2 aromatic rings. The summed E-state index contributed by atoms with van der Waals surface area (Å²) in [6.45, 7) is 2.05. The van der Waals surface area contributed by atoms with Crippen molar-refractivity contribution < 1.29 is 4.39 Å². The van der Waals surface area contributed by atoms with E-state index in [0.29, 0.717) is 0 Å². The van der Waals surface area contributed by atoms with E-state index in [-0.39, 0.29) is 17.1 Å². The van der Waals surface area contributed by atoms with Gasteiger partial charge in [0.2, 0.25) is 0 Å². The van der Waals surface area contributed by atoms with Crippen molar-refractivity contribution in [2.75, 3.05) is 0 Å². The third kappa shape index (κ3) is 3.96. The summed E-state index contributed by atoms with van der Waals surface area (Å²) >= 11 is 9.11. The highest BCUT2D eigenvalue weighted by molar-refractivity contribution is 7.99. The van der Waals surface area contributed by atoms with Gasteiger partial charge in [0, 0.05) is 15.8 Å². The van der Waals surface area contributed by atoms with Gasteiger partial charge >= 0.3 is 0 Å². The quantitative estimate of drug-likeness (QED) is 0.776. The van der Waals surface area contributed by atoms with Crippen LogP contribution in [-0.2, 0) is 0 Å². The number of rotatable bonds is 5. The van der Waals surface area contributed by atoms with Gasteiger partial charge in [0.05, 0.1) is 9.59 Å². The standard InChI is InChI=1S/C14H15ClFNS2/c1-2-11(17)14(12-6-7-13(15)19-12)18-10-5-3-4-9(16)8-10/h3-8,11,14H,2,17H2,1H3. The predicted octanol–water partition coefficient (Wildman–Crippen LogP) is 5.11. The van der Waals surface area contributed by atoms with Crippen LogP contribution >= 0.6 is 34.7 Å². The molecule has 2 rings (SSSR count). The Labute approximate surface area is 126 Å². The fourth-order valence-electron chi connectivity index (χ4n) is 1.74. The summed E-state index contributed by atoms with van der Waals surface area (Å²) in [5.41, 5.74) is 6.19. The molecule has 0 aliphatic carbocycles. The van der Waals surface area contributed by atoms with Crippen molar-refractivity contribution in [3.8, 4) is 0 Å². The molecule has 5 heteroatoms. The van der Waals surface area contributed by atoms with Gasteiger partial charge in [0.25, 0.3) is 0 Å². The van der Waals surface area contributed by atoms with E-state index in [2.05, 4.69) is 6.92 Å². The number of thiophene rings is 1. The van der Waals surface area contributed by atoms with E-state index >= 15 is 0 Å². The largest absolute Gasteiger partial charge is 0.326 e. The first-order valence-corrected chi connectivity index (χ1v) is 8.10. The van der Waals surface area contributed by atoms with E-state index < -0.39 is 0 Å². The lowest BCUT2D eigenvalue weighted by atomic mass is 10.1. The van der Waals surface area contributed by atoms with Crippen LogP contribution in [-0.4, -0.2) is 6.04 Å². The van der Waals surface area contributed by atoms with Gasteiger partial charge < -0.3 is 5.73 Å². The summed E-state index contributed by atoms with van der Waals surface area (Å²) in [4.78, 5) is 2.02. The van der Waals surface area contributed by atoms with Crippen molar-refractivity contribution in [1.82, 2.24) is 0 Å². The average molecular weight is 316 g/mol. The molecule has 0 aliphatic heterocycles. The Morgan fingerprint density at radius 1 is 1.37 bits per heavy atom. The maximum Gasteiger partial charge on any atom is 0.124 e. The van der Waals surface area contributed by atoms with Gasteiger partial charge in [-0.15, -0.1) is 23.1 Å². The Balaban J connectivity index is 2.24. The summed E-state index contributed by atoms with van der Waals surface area (Å²) in [6, 6.07) is 10.5. The van der Waals surface area contributed by atoms with Crippen LogP contribution in [0.4, 0.5) is 4.39 Å². The van der Waals surface area contributed by atoms with Gasteiger partial charge in [-0.05, 0) is 36.8 Å². The van der Waals surface area contributed by atoms with Crippen molar-refractivity contribution in [2.45, 2.75) is 29.5 Å². The first-order valence-electron chi connectivity index (χ1n) is 6.03. The van der Waals surface area contributed by atoms with Gasteiger partial charge in [-0.25, -0.2) is 4.39 Å². The van der Waals surface area contributed by atoms with Crippen LogP contribution in [0.1, 0.15) is 23.5 Å². The minimum atomic E-state index is -0.224. The fourth-order valence-corrected chi connectivity index (χ4v) is 4.34. The van der Waals surface area contributed by atoms with Gasteiger partial charge in [0.15, 0.2) is 0 Å². The van der Waals surface area contributed by atoms with E-state index in [1.165, 1.54) is 23.5 Å². The monoisotopic (exact) mass is 315 g/mol. The van der Waals surface area contributed by atoms with Gasteiger partial charge in [0.1, 0.15) is 5.82 Å². The lowest BCUT2D eigenvalue weighted by molar-refractivity contribution is 0.622. The second kappa shape index (κ2) is 6.75. The van der Waals surface area contributed by atoms with Gasteiger partial charge in [-0.2, -0.15) is 0 Å². The zero-order valence-electron chi connectivity index (χ0n) is 10.5. The summed E-state index contributed by atoms with van der Waals surface area (Å²) in [6.07, 6.45) is 0.864. The Kier molecular flexibility index (Phi) is 5.28. The molecular formula is C14H15ClFNS2. The van der Waals surface area contributed by atoms with E-state index in [1.54, 1.807) is 17.8 Å². The molecule has 0 radical (unpaired) electrons. The summed E-state index contributed by atoms with van der Waals surface area (Å²) < 4.78 is 14.0. The maximum absolute atomic E-state index is 13.2. The van der Waals surface area contributed by atoms with Crippen molar-refractivity contribution in [3.05, 3.63) is 51.4 Å². The molecule has 19 heavy (non-hydrogen) atoms. The predicted molar refractivity (Wildman–Crippen MR) is 82.6 cm³/mol. The van der Waals surface area contributed by atoms with Crippen molar-refractivity contribution in [3.63, 3.8) is 0 Å². The number of benzene rings is 1. The van der Waals surface area contributed by atoms with Crippen LogP contribution in [0.2, 0.25) is 4.34 Å². The average Bonchev–Trinajstić information content (AvgIpc) is 2.81. The molecule has 0 saturated carbocycles. The minimum Gasteiger partial charge on any atom is -0.326 e. The zero-order valence-corrected chi connectivity index (χ0v) is 12.9. The third-order valence-corrected chi connectivity index (χ3v) is 5.64. The van der Waals surface area contributed by atoms with Crippen molar-refractivity contribution in [2.24, 2.45) is 5.73 Å². The highest BCUT2D eigenvalue weighted by Crippen LogP contribution is 2.41. The number of thioether (sulfide) groups is 1. The molecule has 1 aromatic heterocycles. The second-order valence-electron chi connectivity index (χ2n) is 4.21. The maximum atomic E-state index is 13.2. The van der Waals surface area contributed by atoms with Crippen molar-refractivity contribution in [1.29, 1.82) is 0 Å². The van der Waals surface area contributed by atoms with Crippen LogP contribution in [0.25, 0.3) is 0 Å². The molecule has 0 amide bonds. The zero-order chi connectivity index (χ0) is 13.8. The lowest BCUT2D eigenvalue weighted by Crippen LogP contribution is -2.25. The van der Waals surface area contributed by atoms with Crippen LogP contribution < -0.4 is 5.73 Å². The molecule has 0 fully saturated rings. The van der Waals surface area contributed by atoms with Crippen LogP contribution in [0.5, 0.6) is 0 Å². The smallest absolute Gasteiger partial charge is 0.124 e. The Morgan fingerprint density at radius 3 is 2.74 bits per heavy atom. The number of hydrogen-bond acceptors (Lipinski definition) is 3. The van der Waals surface area contributed by atoms with E-state index in [4.69, 9.17) is 17.3 Å². The molecule has 0 saturated heterocycles. The number of halogens is 2. The summed E-state index contributed by atoms with van der Waals surface area (Å²) in [7, 11) is 0. The molecule has 1 aromatic carbocycles. The highest BCUT2D eigenvalue weighted by Gasteiger charge is 2.21. The molecule has 2 atom stereocenters. The van der Waals surface area contributed by atoms with E-state index in [0.717, 1.165) is 20.5 Å². The molecule has 102 valence electrons. The van der Waals surface area contributed by atoms with Crippen LogP contribution in [0, 0.1) is 5.82 Å². The fraction of sp³-hybridized carbons (Fsp3) is 0.286. The Bertz CT molecular complexity index is 544.